The summed E-state index contributed by atoms with van der Waals surface area (Å²) in [6, 6.07) is 17.0. The molecule has 25 heavy (non-hydrogen) atoms. The first-order valence-corrected chi connectivity index (χ1v) is 8.98. The molecule has 0 bridgehead atoms. The Morgan fingerprint density at radius 3 is 2.72 bits per heavy atom. The smallest absolute Gasteiger partial charge is 0.254 e. The standard InChI is InChI=1S/C22H24N2O/c1-16(2)18-8-9-21-19(12-18)13-20-15-23(10-11-24(20)22(21)25)14-17-6-4-3-5-7-17/h3-9,12,20H,1,10-11,13-15H2,2H3/t20-/m1/s1. The highest BCUT2D eigenvalue weighted by atomic mass is 16.2. The van der Waals surface area contributed by atoms with Gasteiger partial charge in [-0.2, -0.15) is 0 Å². The monoisotopic (exact) mass is 332 g/mol. The van der Waals surface area contributed by atoms with Crippen LogP contribution in [0.15, 0.2) is 55.1 Å². The molecule has 1 atom stereocenters. The SMILES string of the molecule is C=C(C)c1ccc2c(c1)C[C@@H]1CN(Cc3ccccc3)CCN1C2=O. The topological polar surface area (TPSA) is 23.6 Å². The minimum atomic E-state index is 0.193. The van der Waals surface area contributed by atoms with Crippen LogP contribution in [0, 0.1) is 0 Å². The molecule has 1 fully saturated rings. The molecule has 2 aliphatic rings. The molecule has 0 N–H and O–H groups in total. The highest BCUT2D eigenvalue weighted by molar-refractivity contribution is 5.97. The largest absolute Gasteiger partial charge is 0.333 e. The van der Waals surface area contributed by atoms with Crippen LogP contribution < -0.4 is 0 Å². The summed E-state index contributed by atoms with van der Waals surface area (Å²) in [6.45, 7) is 9.70. The Morgan fingerprint density at radius 1 is 1.16 bits per heavy atom. The van der Waals surface area contributed by atoms with Crippen molar-refractivity contribution < 1.29 is 4.79 Å². The zero-order chi connectivity index (χ0) is 17.4. The van der Waals surface area contributed by atoms with Gasteiger partial charge in [0.2, 0.25) is 0 Å². The van der Waals surface area contributed by atoms with E-state index in [-0.39, 0.29) is 11.9 Å². The van der Waals surface area contributed by atoms with Crippen molar-refractivity contribution in [3.63, 3.8) is 0 Å². The van der Waals surface area contributed by atoms with Crippen LogP contribution in [0.4, 0.5) is 0 Å². The van der Waals surface area contributed by atoms with Gasteiger partial charge in [-0.05, 0) is 36.1 Å². The molecule has 2 aromatic rings. The van der Waals surface area contributed by atoms with E-state index in [1.165, 1.54) is 11.1 Å². The molecule has 1 saturated heterocycles. The molecule has 128 valence electrons. The lowest BCUT2D eigenvalue weighted by Gasteiger charge is -2.44. The third-order valence-electron chi connectivity index (χ3n) is 5.36. The maximum Gasteiger partial charge on any atom is 0.254 e. The van der Waals surface area contributed by atoms with Crippen molar-refractivity contribution in [2.75, 3.05) is 19.6 Å². The third kappa shape index (κ3) is 3.12. The summed E-state index contributed by atoms with van der Waals surface area (Å²) >= 11 is 0. The Balaban J connectivity index is 1.54. The molecule has 4 rings (SSSR count). The molecule has 0 spiro atoms. The van der Waals surface area contributed by atoms with Crippen LogP contribution in [-0.2, 0) is 13.0 Å². The van der Waals surface area contributed by atoms with E-state index in [0.717, 1.165) is 49.3 Å². The molecule has 2 aromatic carbocycles. The fourth-order valence-electron chi connectivity index (χ4n) is 3.99. The van der Waals surface area contributed by atoms with E-state index in [2.05, 4.69) is 52.8 Å². The van der Waals surface area contributed by atoms with Gasteiger partial charge in [0.25, 0.3) is 5.91 Å². The fourth-order valence-corrected chi connectivity index (χ4v) is 3.99. The number of hydrogen-bond donors (Lipinski definition) is 0. The number of rotatable bonds is 3. The predicted molar refractivity (Wildman–Crippen MR) is 101 cm³/mol. The molecule has 2 aliphatic heterocycles. The van der Waals surface area contributed by atoms with Crippen LogP contribution in [0.2, 0.25) is 0 Å². The Labute approximate surface area is 149 Å². The van der Waals surface area contributed by atoms with Gasteiger partial charge < -0.3 is 4.90 Å². The molecule has 0 saturated carbocycles. The van der Waals surface area contributed by atoms with Gasteiger partial charge in [-0.3, -0.25) is 9.69 Å². The van der Waals surface area contributed by atoms with Crippen molar-refractivity contribution >= 4 is 11.5 Å². The number of hydrogen-bond acceptors (Lipinski definition) is 2. The van der Waals surface area contributed by atoms with E-state index >= 15 is 0 Å². The zero-order valence-electron chi connectivity index (χ0n) is 14.7. The van der Waals surface area contributed by atoms with Gasteiger partial charge in [0.15, 0.2) is 0 Å². The molecule has 3 nitrogen and oxygen atoms in total. The van der Waals surface area contributed by atoms with Crippen molar-refractivity contribution in [2.24, 2.45) is 0 Å². The van der Waals surface area contributed by atoms with Gasteiger partial charge in [-0.25, -0.2) is 0 Å². The van der Waals surface area contributed by atoms with Crippen LogP contribution in [-0.4, -0.2) is 41.4 Å². The number of amides is 1. The molecule has 0 radical (unpaired) electrons. The lowest BCUT2D eigenvalue weighted by molar-refractivity contribution is 0.0402. The number of piperazine rings is 1. The fraction of sp³-hybridized carbons (Fsp3) is 0.318. The lowest BCUT2D eigenvalue weighted by Crippen LogP contribution is -2.57. The maximum absolute atomic E-state index is 12.9. The quantitative estimate of drug-likeness (QED) is 0.857. The molecular formula is C22H24N2O. The number of fused-ring (bicyclic) bond motifs is 2. The van der Waals surface area contributed by atoms with Gasteiger partial charge in [-0.1, -0.05) is 54.6 Å². The van der Waals surface area contributed by atoms with Gasteiger partial charge in [0.05, 0.1) is 0 Å². The Bertz CT molecular complexity index is 812. The van der Waals surface area contributed by atoms with Gasteiger partial charge in [-0.15, -0.1) is 0 Å². The number of carbonyl (C=O) groups excluding carboxylic acids is 1. The second-order valence-electron chi connectivity index (χ2n) is 7.23. The van der Waals surface area contributed by atoms with Crippen molar-refractivity contribution in [3.05, 3.63) is 77.4 Å². The number of benzene rings is 2. The number of allylic oxidation sites excluding steroid dienone is 1. The van der Waals surface area contributed by atoms with Crippen molar-refractivity contribution in [1.29, 1.82) is 0 Å². The van der Waals surface area contributed by atoms with E-state index < -0.39 is 0 Å². The second-order valence-corrected chi connectivity index (χ2v) is 7.23. The van der Waals surface area contributed by atoms with Gasteiger partial charge >= 0.3 is 0 Å². The van der Waals surface area contributed by atoms with E-state index in [9.17, 15) is 4.79 Å². The summed E-state index contributed by atoms with van der Waals surface area (Å²) in [7, 11) is 0. The summed E-state index contributed by atoms with van der Waals surface area (Å²) in [4.78, 5) is 17.4. The third-order valence-corrected chi connectivity index (χ3v) is 5.36. The van der Waals surface area contributed by atoms with E-state index in [1.54, 1.807) is 0 Å². The zero-order valence-corrected chi connectivity index (χ0v) is 14.7. The van der Waals surface area contributed by atoms with Crippen LogP contribution >= 0.6 is 0 Å². The molecule has 2 heterocycles. The number of carbonyl (C=O) groups is 1. The molecule has 3 heteroatoms. The summed E-state index contributed by atoms with van der Waals surface area (Å²) in [5, 5.41) is 0. The average Bonchev–Trinajstić information content (AvgIpc) is 2.62. The van der Waals surface area contributed by atoms with Crippen LogP contribution in [0.1, 0.15) is 34.0 Å². The Hall–Kier alpha value is -2.39. The normalized spacial score (nSPS) is 20.1. The first kappa shape index (κ1) is 16.1. The van der Waals surface area contributed by atoms with E-state index in [0.29, 0.717) is 0 Å². The van der Waals surface area contributed by atoms with Crippen molar-refractivity contribution in [3.8, 4) is 0 Å². The molecule has 0 aliphatic carbocycles. The molecule has 0 unspecified atom stereocenters. The lowest BCUT2D eigenvalue weighted by atomic mass is 9.89. The highest BCUT2D eigenvalue weighted by Crippen LogP contribution is 2.28. The molecular weight excluding hydrogens is 308 g/mol. The minimum Gasteiger partial charge on any atom is -0.333 e. The van der Waals surface area contributed by atoms with Gasteiger partial charge in [0.1, 0.15) is 0 Å². The molecule has 1 amide bonds. The number of nitrogens with zero attached hydrogens (tertiary/aromatic N) is 2. The Morgan fingerprint density at radius 2 is 1.96 bits per heavy atom. The highest BCUT2D eigenvalue weighted by Gasteiger charge is 2.36. The van der Waals surface area contributed by atoms with Crippen LogP contribution in [0.5, 0.6) is 0 Å². The van der Waals surface area contributed by atoms with Crippen LogP contribution in [0.25, 0.3) is 5.57 Å². The van der Waals surface area contributed by atoms with E-state index in [4.69, 9.17) is 0 Å². The average molecular weight is 332 g/mol. The van der Waals surface area contributed by atoms with Gasteiger partial charge in [0, 0.05) is 37.8 Å². The summed E-state index contributed by atoms with van der Waals surface area (Å²) in [6.07, 6.45) is 0.938. The summed E-state index contributed by atoms with van der Waals surface area (Å²) in [5.74, 6) is 0.193. The van der Waals surface area contributed by atoms with Crippen molar-refractivity contribution in [1.82, 2.24) is 9.80 Å². The maximum atomic E-state index is 12.9. The summed E-state index contributed by atoms with van der Waals surface area (Å²) in [5.41, 5.74) is 5.57. The van der Waals surface area contributed by atoms with E-state index in [1.807, 2.05) is 19.1 Å². The summed E-state index contributed by atoms with van der Waals surface area (Å²) < 4.78 is 0. The first-order chi connectivity index (χ1) is 12.1. The second kappa shape index (κ2) is 6.49. The minimum absolute atomic E-state index is 0.193. The predicted octanol–water partition coefficient (Wildman–Crippen LogP) is 3.60. The first-order valence-electron chi connectivity index (χ1n) is 8.98. The van der Waals surface area contributed by atoms with Crippen LogP contribution in [0.3, 0.4) is 0 Å². The van der Waals surface area contributed by atoms with Crippen molar-refractivity contribution in [2.45, 2.75) is 25.9 Å². The molecule has 0 aromatic heterocycles. The Kier molecular flexibility index (Phi) is 4.18.